The van der Waals surface area contributed by atoms with Gasteiger partial charge in [0.15, 0.2) is 11.9 Å². The van der Waals surface area contributed by atoms with Gasteiger partial charge >= 0.3 is 0 Å². The number of thioether (sulfide) groups is 2. The Hall–Kier alpha value is -5.38. The van der Waals surface area contributed by atoms with Crippen molar-refractivity contribution in [3.8, 4) is 0 Å². The quantitative estimate of drug-likeness (QED) is 0.0297. The fraction of sp³-hybridized carbons (Fsp3) is 0.455. The molecule has 20 N–H and O–H groups in total. The van der Waals surface area contributed by atoms with Gasteiger partial charge in [0.05, 0.1) is 44.6 Å². The Kier molecular flexibility index (Phi) is 20.4. The zero-order chi connectivity index (χ0) is 47.8. The lowest BCUT2D eigenvalue weighted by atomic mass is 9.86. The second kappa shape index (κ2) is 24.6. The molecule has 0 aliphatic rings. The van der Waals surface area contributed by atoms with Crippen molar-refractivity contribution in [2.75, 3.05) is 59.0 Å². The molecule has 64 heavy (non-hydrogen) atoms. The maximum absolute atomic E-state index is 14.1. The number of nitrogens with one attached hydrogen (secondary N) is 4. The van der Waals surface area contributed by atoms with Crippen LogP contribution >= 0.6 is 23.5 Å². The molecule has 4 amide bonds. The Labute approximate surface area is 385 Å². The third-order valence-electron chi connectivity index (χ3n) is 9.65. The van der Waals surface area contributed by atoms with Gasteiger partial charge in [-0.3, -0.25) is 29.2 Å². The number of benzene rings is 3. The number of aliphatic imine (C=N–C) groups is 2. The average molecular weight is 921 g/mol. The van der Waals surface area contributed by atoms with Crippen LogP contribution in [0.15, 0.2) is 68.3 Å². The molecule has 2 atom stereocenters. The number of guanidine groups is 2. The Morgan fingerprint density at radius 1 is 0.578 bits per heavy atom. The van der Waals surface area contributed by atoms with Crippen LogP contribution in [-0.4, -0.2) is 85.3 Å². The summed E-state index contributed by atoms with van der Waals surface area (Å²) in [5, 5.41) is 12.0. The number of nitrogens with two attached hydrogens (primary N) is 8. The summed E-state index contributed by atoms with van der Waals surface area (Å²) in [5.74, 6) is -0.892. The van der Waals surface area contributed by atoms with Gasteiger partial charge in [-0.15, -0.1) is 23.5 Å². The highest BCUT2D eigenvalue weighted by Crippen LogP contribution is 2.41. The van der Waals surface area contributed by atoms with Gasteiger partial charge in [0.2, 0.25) is 11.8 Å². The molecule has 0 radical (unpaired) electrons. The lowest BCUT2D eigenvalue weighted by Crippen LogP contribution is -2.36. The number of carbonyl (C=O) groups excluding carboxylic acids is 4. The van der Waals surface area contributed by atoms with Crippen molar-refractivity contribution in [3.63, 3.8) is 0 Å². The minimum absolute atomic E-state index is 0.0363. The minimum atomic E-state index is -0.847. The van der Waals surface area contributed by atoms with E-state index in [1.807, 2.05) is 65.8 Å². The molecular weight excluding hydrogens is 853 g/mol. The van der Waals surface area contributed by atoms with Gasteiger partial charge in [0.25, 0.3) is 11.8 Å². The zero-order valence-corrected chi connectivity index (χ0v) is 39.4. The number of amides is 4. The van der Waals surface area contributed by atoms with E-state index >= 15 is 0 Å². The van der Waals surface area contributed by atoms with Crippen LogP contribution in [0.1, 0.15) is 99.1 Å². The summed E-state index contributed by atoms with van der Waals surface area (Å²) in [6, 6.07) is 12.1. The molecule has 20 heteroatoms. The van der Waals surface area contributed by atoms with Gasteiger partial charge in [-0.2, -0.15) is 0 Å². The molecule has 3 rings (SSSR count). The van der Waals surface area contributed by atoms with Gasteiger partial charge in [-0.25, -0.2) is 0 Å². The van der Waals surface area contributed by atoms with Gasteiger partial charge in [0, 0.05) is 48.8 Å². The Balaban J connectivity index is 1.99. The van der Waals surface area contributed by atoms with Crippen molar-refractivity contribution in [1.29, 1.82) is 0 Å². The molecule has 3 aromatic carbocycles. The van der Waals surface area contributed by atoms with Crippen LogP contribution < -0.4 is 67.1 Å². The van der Waals surface area contributed by atoms with Gasteiger partial charge in [-0.05, 0) is 90.1 Å². The third-order valence-corrected chi connectivity index (χ3v) is 12.0. The van der Waals surface area contributed by atoms with Crippen molar-refractivity contribution in [3.05, 3.63) is 70.8 Å². The second-order valence-corrected chi connectivity index (χ2v) is 19.4. The monoisotopic (exact) mass is 920 g/mol. The highest BCUT2D eigenvalue weighted by atomic mass is 32.2. The van der Waals surface area contributed by atoms with Crippen LogP contribution in [0.3, 0.4) is 0 Å². The van der Waals surface area contributed by atoms with E-state index in [1.54, 1.807) is 18.2 Å². The van der Waals surface area contributed by atoms with E-state index in [1.165, 1.54) is 29.6 Å². The standard InChI is InChI=1S/C44H68N14O4S2/c1-43(2,3)27-21-31(35(63-18-14-45)33(23-27)57-39(61)29(47)12-8-16-53-41(49)50)55-37(59)25-10-7-11-26(20-25)38(60)56-32-22-28(44(4,5)6)24-34(36(32)64-19-15-46)58-40(62)30(48)13-9-17-54-42(51)52/h7,10-11,20-24,29-30H,8-9,12-19,45-48H2,1-6H3,(H,55,59)(H,56,60)(H,57,61)(H,58,62)(H4,49,50,53)(H4,51,52,54). The summed E-state index contributed by atoms with van der Waals surface area (Å²) >= 11 is 2.76. The number of nitrogens with zero attached hydrogens (tertiary/aromatic N) is 2. The maximum atomic E-state index is 14.1. The van der Waals surface area contributed by atoms with Crippen molar-refractivity contribution >= 4 is 81.8 Å². The summed E-state index contributed by atoms with van der Waals surface area (Å²) in [5.41, 5.74) is 49.2. The van der Waals surface area contributed by atoms with Crippen LogP contribution in [-0.2, 0) is 20.4 Å². The van der Waals surface area contributed by atoms with Crippen molar-refractivity contribution in [2.24, 2.45) is 55.9 Å². The predicted octanol–water partition coefficient (Wildman–Crippen LogP) is 3.53. The average Bonchev–Trinajstić information content (AvgIpc) is 3.22. The normalized spacial score (nSPS) is 12.4. The van der Waals surface area contributed by atoms with Crippen LogP contribution in [0, 0.1) is 0 Å². The largest absolute Gasteiger partial charge is 0.370 e. The smallest absolute Gasteiger partial charge is 0.255 e. The van der Waals surface area contributed by atoms with E-state index < -0.39 is 35.7 Å². The number of anilines is 4. The lowest BCUT2D eigenvalue weighted by Gasteiger charge is -2.25. The molecule has 0 aliphatic carbocycles. The number of rotatable bonds is 22. The molecule has 18 nitrogen and oxygen atoms in total. The van der Waals surface area contributed by atoms with E-state index in [2.05, 4.69) is 31.3 Å². The van der Waals surface area contributed by atoms with Crippen molar-refractivity contribution in [2.45, 2.75) is 99.9 Å². The molecule has 0 bridgehead atoms. The molecule has 0 saturated heterocycles. The predicted molar refractivity (Wildman–Crippen MR) is 265 cm³/mol. The number of hydrogen-bond donors (Lipinski definition) is 12. The summed E-state index contributed by atoms with van der Waals surface area (Å²) in [6.07, 6.45) is 1.68. The van der Waals surface area contributed by atoms with Gasteiger partial charge in [0.1, 0.15) is 0 Å². The highest BCUT2D eigenvalue weighted by Gasteiger charge is 2.26. The molecule has 0 aromatic heterocycles. The topological polar surface area (TPSA) is 349 Å². The fourth-order valence-electron chi connectivity index (χ4n) is 6.07. The van der Waals surface area contributed by atoms with E-state index in [-0.39, 0.29) is 33.9 Å². The fourth-order valence-corrected chi connectivity index (χ4v) is 7.78. The Morgan fingerprint density at radius 2 is 0.922 bits per heavy atom. The van der Waals surface area contributed by atoms with Crippen molar-refractivity contribution in [1.82, 2.24) is 0 Å². The first-order valence-corrected chi connectivity index (χ1v) is 23.0. The number of carbonyl (C=O) groups is 4. The van der Waals surface area contributed by atoms with Crippen LogP contribution in [0.4, 0.5) is 22.7 Å². The van der Waals surface area contributed by atoms with Gasteiger partial charge < -0.3 is 67.1 Å². The minimum Gasteiger partial charge on any atom is -0.370 e. The first kappa shape index (κ1) is 53.0. The Morgan fingerprint density at radius 3 is 1.23 bits per heavy atom. The molecule has 3 aromatic rings. The van der Waals surface area contributed by atoms with E-state index in [0.29, 0.717) is 95.9 Å². The summed E-state index contributed by atoms with van der Waals surface area (Å²) in [4.78, 5) is 64.1. The molecule has 0 aliphatic heterocycles. The summed E-state index contributed by atoms with van der Waals surface area (Å²) < 4.78 is 0. The number of hydrogen-bond acceptors (Lipinski definition) is 12. The van der Waals surface area contributed by atoms with Crippen molar-refractivity contribution < 1.29 is 19.2 Å². The molecule has 0 heterocycles. The molecule has 2 unspecified atom stereocenters. The van der Waals surface area contributed by atoms with E-state index in [0.717, 1.165) is 11.1 Å². The molecule has 350 valence electrons. The first-order chi connectivity index (χ1) is 30.0. The van der Waals surface area contributed by atoms with Crippen LogP contribution in [0.25, 0.3) is 0 Å². The zero-order valence-electron chi connectivity index (χ0n) is 37.8. The highest BCUT2D eigenvalue weighted by molar-refractivity contribution is 7.99. The first-order valence-electron chi connectivity index (χ1n) is 21.0. The molecule has 0 saturated carbocycles. The third kappa shape index (κ3) is 16.6. The second-order valence-electron chi connectivity index (χ2n) is 17.2. The molecule has 0 spiro atoms. The Bertz CT molecular complexity index is 2010. The van der Waals surface area contributed by atoms with E-state index in [4.69, 9.17) is 45.9 Å². The summed E-state index contributed by atoms with van der Waals surface area (Å²) in [6.45, 7) is 13.5. The lowest BCUT2D eigenvalue weighted by molar-refractivity contribution is -0.118. The summed E-state index contributed by atoms with van der Waals surface area (Å²) in [7, 11) is 0. The van der Waals surface area contributed by atoms with E-state index in [9.17, 15) is 19.2 Å². The maximum Gasteiger partial charge on any atom is 0.255 e. The molecular formula is C44H68N14O4S2. The van der Waals surface area contributed by atoms with Gasteiger partial charge in [-0.1, -0.05) is 47.6 Å². The van der Waals surface area contributed by atoms with Crippen LogP contribution in [0.5, 0.6) is 0 Å². The molecule has 0 fully saturated rings. The van der Waals surface area contributed by atoms with Crippen LogP contribution in [0.2, 0.25) is 0 Å². The SMILES string of the molecule is CC(C)(C)c1cc(NC(=O)c2cccc(C(=O)Nc3cc(C(C)(C)C)cc(NC(=O)C(N)CCCN=C(N)N)c3SCCN)c2)c(SCCN)c(NC(=O)C(N)CCCN=C(N)N)c1.